The summed E-state index contributed by atoms with van der Waals surface area (Å²) >= 11 is 0. The molecule has 2 heterocycles. The molecule has 2 aliphatic heterocycles. The second-order valence-electron chi connectivity index (χ2n) is 4.46. The lowest BCUT2D eigenvalue weighted by atomic mass is 9.93. The van der Waals surface area contributed by atoms with Crippen molar-refractivity contribution in [3.05, 3.63) is 11.6 Å². The number of morpholine rings is 1. The minimum absolute atomic E-state index is 0.352. The topological polar surface area (TPSA) is 78.9 Å². The van der Waals surface area contributed by atoms with Crippen LogP contribution in [0.4, 0.5) is 0 Å². The van der Waals surface area contributed by atoms with Crippen LogP contribution < -0.4 is 5.32 Å². The molecule has 0 aromatic carbocycles. The van der Waals surface area contributed by atoms with Crippen molar-refractivity contribution in [1.29, 1.82) is 0 Å². The third-order valence-electron chi connectivity index (χ3n) is 3.04. The van der Waals surface area contributed by atoms with Gasteiger partial charge in [0.2, 0.25) is 11.4 Å². The first-order valence-electron chi connectivity index (χ1n) is 5.30. The number of hydrogen-bond donors (Lipinski definition) is 2. The van der Waals surface area contributed by atoms with E-state index in [-0.39, 0.29) is 5.78 Å². The van der Waals surface area contributed by atoms with Gasteiger partial charge in [-0.05, 0) is 25.8 Å². The van der Waals surface area contributed by atoms with E-state index in [1.165, 1.54) is 6.92 Å². The second kappa shape index (κ2) is 3.15. The first-order chi connectivity index (χ1) is 7.36. The van der Waals surface area contributed by atoms with Crippen LogP contribution in [-0.4, -0.2) is 34.2 Å². The maximum Gasteiger partial charge on any atom is 0.265 e. The van der Waals surface area contributed by atoms with Gasteiger partial charge in [0.1, 0.15) is 0 Å². The highest BCUT2D eigenvalue weighted by Crippen LogP contribution is 2.49. The second-order valence-corrected chi connectivity index (χ2v) is 4.46. The number of aliphatic hydroxyl groups is 1. The van der Waals surface area contributed by atoms with Crippen LogP contribution in [0.1, 0.15) is 27.2 Å². The lowest BCUT2D eigenvalue weighted by Gasteiger charge is -2.16. The van der Waals surface area contributed by atoms with E-state index in [0.717, 1.165) is 6.42 Å². The molecule has 16 heavy (non-hydrogen) atoms. The molecule has 88 valence electrons. The van der Waals surface area contributed by atoms with E-state index >= 15 is 0 Å². The molecule has 0 radical (unpaired) electrons. The summed E-state index contributed by atoms with van der Waals surface area (Å²) in [4.78, 5) is 23.7. The Bertz CT molecular complexity index is 399. The van der Waals surface area contributed by atoms with Gasteiger partial charge in [-0.2, -0.15) is 0 Å². The molecule has 2 saturated heterocycles. The molecule has 0 saturated carbocycles. The standard InChI is InChI=1S/C11H15NO4/c1-4-5-6(2)7(13)11-8(16-11)10(3,15)12-9(11)14/h5,8,15H,4H2,1-3H3,(H,12,14)/b6-5+/t8-,10?,11-/m0/s1. The molecular weight excluding hydrogens is 210 g/mol. The number of Topliss-reactive ketones (excluding diaryl/α,β-unsaturated/α-hetero) is 1. The Morgan fingerprint density at radius 3 is 2.69 bits per heavy atom. The summed E-state index contributed by atoms with van der Waals surface area (Å²) in [6, 6.07) is 0. The zero-order chi connectivity index (χ0) is 12.1. The summed E-state index contributed by atoms with van der Waals surface area (Å²) in [6.45, 7) is 4.99. The first kappa shape index (κ1) is 11.3. The van der Waals surface area contributed by atoms with Gasteiger partial charge in [-0.3, -0.25) is 9.59 Å². The van der Waals surface area contributed by atoms with E-state index < -0.39 is 23.3 Å². The zero-order valence-corrected chi connectivity index (χ0v) is 9.53. The summed E-state index contributed by atoms with van der Waals surface area (Å²) < 4.78 is 5.14. The van der Waals surface area contributed by atoms with Crippen LogP contribution in [0.2, 0.25) is 0 Å². The molecule has 2 N–H and O–H groups in total. The Morgan fingerprint density at radius 1 is 1.69 bits per heavy atom. The van der Waals surface area contributed by atoms with Crippen LogP contribution in [0.25, 0.3) is 0 Å². The van der Waals surface area contributed by atoms with E-state index in [1.54, 1.807) is 13.0 Å². The Morgan fingerprint density at radius 2 is 2.31 bits per heavy atom. The van der Waals surface area contributed by atoms with Crippen molar-refractivity contribution in [1.82, 2.24) is 5.32 Å². The Labute approximate surface area is 93.5 Å². The fourth-order valence-corrected chi connectivity index (χ4v) is 2.19. The number of carbonyl (C=O) groups is 2. The number of ketones is 1. The van der Waals surface area contributed by atoms with Gasteiger partial charge in [-0.15, -0.1) is 0 Å². The van der Waals surface area contributed by atoms with E-state index in [0.29, 0.717) is 5.57 Å². The molecule has 3 atom stereocenters. The van der Waals surface area contributed by atoms with Gasteiger partial charge in [0.25, 0.3) is 5.91 Å². The molecule has 1 unspecified atom stereocenters. The highest BCUT2D eigenvalue weighted by molar-refractivity contribution is 6.21. The minimum atomic E-state index is -1.47. The van der Waals surface area contributed by atoms with Crippen molar-refractivity contribution >= 4 is 11.7 Å². The third kappa shape index (κ3) is 1.25. The van der Waals surface area contributed by atoms with Crippen molar-refractivity contribution < 1.29 is 19.4 Å². The fraction of sp³-hybridized carbons (Fsp3) is 0.636. The van der Waals surface area contributed by atoms with Gasteiger partial charge < -0.3 is 15.2 Å². The maximum absolute atomic E-state index is 12.0. The Kier molecular flexibility index (Phi) is 2.22. The zero-order valence-electron chi connectivity index (χ0n) is 9.53. The van der Waals surface area contributed by atoms with Crippen molar-refractivity contribution in [2.24, 2.45) is 0 Å². The molecule has 2 aliphatic rings. The molecule has 5 nitrogen and oxygen atoms in total. The van der Waals surface area contributed by atoms with Crippen molar-refractivity contribution in [2.75, 3.05) is 0 Å². The smallest absolute Gasteiger partial charge is 0.265 e. The van der Waals surface area contributed by atoms with Crippen molar-refractivity contribution in [3.8, 4) is 0 Å². The van der Waals surface area contributed by atoms with Gasteiger partial charge in [0, 0.05) is 0 Å². The minimum Gasteiger partial charge on any atom is -0.368 e. The number of hydrogen-bond acceptors (Lipinski definition) is 4. The van der Waals surface area contributed by atoms with E-state index in [4.69, 9.17) is 4.74 Å². The summed E-state index contributed by atoms with van der Waals surface area (Å²) in [7, 11) is 0. The molecule has 0 aromatic heterocycles. The van der Waals surface area contributed by atoms with Crippen LogP contribution in [0, 0.1) is 0 Å². The van der Waals surface area contributed by atoms with Gasteiger partial charge >= 0.3 is 0 Å². The van der Waals surface area contributed by atoms with Gasteiger partial charge in [-0.1, -0.05) is 13.0 Å². The molecule has 2 fully saturated rings. The number of rotatable bonds is 3. The van der Waals surface area contributed by atoms with Gasteiger partial charge in [-0.25, -0.2) is 0 Å². The molecule has 0 spiro atoms. The normalized spacial score (nSPS) is 41.6. The number of nitrogens with one attached hydrogen (secondary N) is 1. The quantitative estimate of drug-likeness (QED) is 0.399. The lowest BCUT2D eigenvalue weighted by Crippen LogP contribution is -2.45. The number of carbonyl (C=O) groups excluding carboxylic acids is 2. The average Bonchev–Trinajstić information content (AvgIpc) is 2.88. The van der Waals surface area contributed by atoms with E-state index in [9.17, 15) is 14.7 Å². The molecule has 2 rings (SSSR count). The van der Waals surface area contributed by atoms with E-state index in [1.807, 2.05) is 6.92 Å². The van der Waals surface area contributed by atoms with E-state index in [2.05, 4.69) is 5.32 Å². The first-order valence-corrected chi connectivity index (χ1v) is 5.30. The predicted molar refractivity (Wildman–Crippen MR) is 55.4 cm³/mol. The van der Waals surface area contributed by atoms with Gasteiger partial charge in [0.15, 0.2) is 11.8 Å². The molecule has 0 aliphatic carbocycles. The maximum atomic E-state index is 12.0. The monoisotopic (exact) mass is 225 g/mol. The molecule has 1 amide bonds. The lowest BCUT2D eigenvalue weighted by molar-refractivity contribution is -0.137. The molecule has 0 aromatic rings. The number of amides is 1. The Balaban J connectivity index is 2.28. The highest BCUT2D eigenvalue weighted by atomic mass is 16.6. The number of ether oxygens (including phenoxy) is 1. The number of fused-ring (bicyclic) bond motifs is 1. The largest absolute Gasteiger partial charge is 0.368 e. The summed E-state index contributed by atoms with van der Waals surface area (Å²) in [5.74, 6) is -0.897. The predicted octanol–water partition coefficient (Wildman–Crippen LogP) is -0.112. The SMILES string of the molecule is CC/C=C(\C)C(=O)[C@]12O[C@H]1C(C)(O)NC2=O. The van der Waals surface area contributed by atoms with Crippen LogP contribution >= 0.6 is 0 Å². The van der Waals surface area contributed by atoms with Crippen molar-refractivity contribution in [3.63, 3.8) is 0 Å². The molecule has 0 bridgehead atoms. The average molecular weight is 225 g/mol. The van der Waals surface area contributed by atoms with Crippen molar-refractivity contribution in [2.45, 2.75) is 44.6 Å². The number of allylic oxidation sites excluding steroid dienone is 1. The summed E-state index contributed by atoms with van der Waals surface area (Å²) in [5, 5.41) is 12.1. The number of epoxide rings is 1. The van der Waals surface area contributed by atoms with Crippen LogP contribution in [0.5, 0.6) is 0 Å². The van der Waals surface area contributed by atoms with Crippen LogP contribution in [0.3, 0.4) is 0 Å². The van der Waals surface area contributed by atoms with Crippen LogP contribution in [-0.2, 0) is 14.3 Å². The third-order valence-corrected chi connectivity index (χ3v) is 3.04. The summed E-state index contributed by atoms with van der Waals surface area (Å²) in [5.41, 5.74) is -2.42. The molecule has 5 heteroatoms. The fourth-order valence-electron chi connectivity index (χ4n) is 2.19. The highest BCUT2D eigenvalue weighted by Gasteiger charge is 2.79. The summed E-state index contributed by atoms with van der Waals surface area (Å²) in [6.07, 6.45) is 1.70. The van der Waals surface area contributed by atoms with Crippen LogP contribution in [0.15, 0.2) is 11.6 Å². The Hall–Kier alpha value is -1.20. The molecular formula is C11H15NO4. The van der Waals surface area contributed by atoms with Gasteiger partial charge in [0.05, 0.1) is 0 Å².